The van der Waals surface area contributed by atoms with Gasteiger partial charge in [0.1, 0.15) is 13.2 Å². The zero-order valence-electron chi connectivity index (χ0n) is 54.3. The molecule has 0 bridgehead atoms. The molecule has 0 fully saturated rings. The van der Waals surface area contributed by atoms with Crippen LogP contribution in [-0.4, -0.2) is 87.4 Å². The molecule has 0 heterocycles. The van der Waals surface area contributed by atoms with Gasteiger partial charge in [0, 0.05) is 12.8 Å². The third-order valence-electron chi connectivity index (χ3n) is 14.5. The molecule has 0 aromatic rings. The highest BCUT2D eigenvalue weighted by Crippen LogP contribution is 2.17. The number of esters is 2. The van der Waals surface area contributed by atoms with E-state index in [-0.39, 0.29) is 32.2 Å². The van der Waals surface area contributed by atoms with Crippen molar-refractivity contribution in [3.05, 3.63) is 109 Å². The van der Waals surface area contributed by atoms with Gasteiger partial charge in [0.15, 0.2) is 6.10 Å². The molecule has 0 aromatic carbocycles. The van der Waals surface area contributed by atoms with Crippen LogP contribution < -0.4 is 0 Å². The lowest BCUT2D eigenvalue weighted by molar-refractivity contribution is -0.870. The Bertz CT molecular complexity index is 1730. The van der Waals surface area contributed by atoms with Gasteiger partial charge in [-0.1, -0.05) is 277 Å². The zero-order valence-corrected chi connectivity index (χ0v) is 54.3. The Balaban J connectivity index is 4.18. The van der Waals surface area contributed by atoms with Gasteiger partial charge in [-0.15, -0.1) is 0 Å². The molecule has 9 heteroatoms. The fourth-order valence-corrected chi connectivity index (χ4v) is 9.32. The summed E-state index contributed by atoms with van der Waals surface area (Å²) in [6.07, 6.45) is 86.1. The van der Waals surface area contributed by atoms with Crippen molar-refractivity contribution >= 4 is 17.9 Å². The number of hydrogen-bond donors (Lipinski definition) is 1. The average molecular weight is 1160 g/mol. The normalized spacial score (nSPS) is 13.4. The quantitative estimate of drug-likeness (QED) is 0.0211. The average Bonchev–Trinajstić information content (AvgIpc) is 3.46. The maximum Gasteiger partial charge on any atom is 0.361 e. The summed E-state index contributed by atoms with van der Waals surface area (Å²) < 4.78 is 23.0. The van der Waals surface area contributed by atoms with Crippen LogP contribution >= 0.6 is 0 Å². The van der Waals surface area contributed by atoms with E-state index in [1.165, 1.54) is 154 Å². The summed E-state index contributed by atoms with van der Waals surface area (Å²) in [5.74, 6) is -2.01. The van der Waals surface area contributed by atoms with E-state index < -0.39 is 24.3 Å². The second kappa shape index (κ2) is 64.0. The SMILES string of the molecule is CC/C=C\C/C=C\C/C=C\C/C=C\C/C=C\C/C=C\C/C=C\CCCCCCCCCCCC(=O)OC(COC(=O)CCCCCCCCCCCCCCCCC/C=C\C/C=C\CCCCCCC)COC(OCC[N+](C)(C)C)C(=O)O. The second-order valence-corrected chi connectivity index (χ2v) is 23.7. The van der Waals surface area contributed by atoms with E-state index in [9.17, 15) is 19.5 Å². The Kier molecular flexibility index (Phi) is 60.8. The van der Waals surface area contributed by atoms with Crippen LogP contribution in [-0.2, 0) is 33.3 Å². The molecule has 0 aliphatic rings. The highest BCUT2D eigenvalue weighted by atomic mass is 16.7. The lowest BCUT2D eigenvalue weighted by Crippen LogP contribution is -2.40. The van der Waals surface area contributed by atoms with Gasteiger partial charge in [0.25, 0.3) is 6.29 Å². The highest BCUT2D eigenvalue weighted by molar-refractivity contribution is 5.71. The monoisotopic (exact) mass is 1160 g/mol. The minimum Gasteiger partial charge on any atom is -0.477 e. The summed E-state index contributed by atoms with van der Waals surface area (Å²) >= 11 is 0. The first-order valence-corrected chi connectivity index (χ1v) is 34.1. The predicted octanol–water partition coefficient (Wildman–Crippen LogP) is 21.0. The molecule has 0 saturated heterocycles. The van der Waals surface area contributed by atoms with Crippen LogP contribution in [0.2, 0.25) is 0 Å². The Labute approximate surface area is 511 Å². The van der Waals surface area contributed by atoms with Crippen molar-refractivity contribution in [3.63, 3.8) is 0 Å². The Morgan fingerprint density at radius 3 is 1.02 bits per heavy atom. The predicted molar refractivity (Wildman–Crippen MR) is 355 cm³/mol. The molecule has 1 N–H and O–H groups in total. The summed E-state index contributed by atoms with van der Waals surface area (Å²) in [6.45, 7) is 4.76. The van der Waals surface area contributed by atoms with Crippen molar-refractivity contribution in [1.82, 2.24) is 0 Å². The summed E-state index contributed by atoms with van der Waals surface area (Å²) in [7, 11) is 5.97. The van der Waals surface area contributed by atoms with E-state index in [1.54, 1.807) is 0 Å². The van der Waals surface area contributed by atoms with Crippen LogP contribution in [0, 0.1) is 0 Å². The maximum absolute atomic E-state index is 12.9. The fraction of sp³-hybridized carbons (Fsp3) is 0.716. The van der Waals surface area contributed by atoms with Crippen LogP contribution in [0.5, 0.6) is 0 Å². The van der Waals surface area contributed by atoms with Gasteiger partial charge < -0.3 is 28.5 Å². The number of aliphatic carboxylic acids is 1. The molecule has 0 rings (SSSR count). The number of ether oxygens (including phenoxy) is 4. The molecule has 9 nitrogen and oxygen atoms in total. The first-order valence-electron chi connectivity index (χ1n) is 34.1. The van der Waals surface area contributed by atoms with Gasteiger partial charge in [-0.05, 0) is 103 Å². The minimum absolute atomic E-state index is 0.182. The topological polar surface area (TPSA) is 108 Å². The Morgan fingerprint density at radius 1 is 0.373 bits per heavy atom. The molecule has 0 spiro atoms. The second-order valence-electron chi connectivity index (χ2n) is 23.7. The number of nitrogens with zero attached hydrogens (tertiary/aromatic N) is 1. The molecule has 83 heavy (non-hydrogen) atoms. The summed E-state index contributed by atoms with van der Waals surface area (Å²) in [5, 5.41) is 9.74. The van der Waals surface area contributed by atoms with Crippen LogP contribution in [0.1, 0.15) is 284 Å². The van der Waals surface area contributed by atoms with Crippen molar-refractivity contribution < 1.29 is 42.9 Å². The first kappa shape index (κ1) is 79.0. The van der Waals surface area contributed by atoms with Crippen LogP contribution in [0.15, 0.2) is 109 Å². The van der Waals surface area contributed by atoms with E-state index >= 15 is 0 Å². The standard InChI is InChI=1S/C74H127NO8/c1-6-8-10-12-14-16-18-20-22-24-26-28-30-32-34-35-36-37-39-41-43-45-47-49-51-53-55-57-59-61-63-65-72(77)83-70(69-82-74(73(78)79)80-67-66-75(3,4)5)68-81-71(76)64-62-60-58-56-54-52-50-48-46-44-42-40-38-33-31-29-27-25-23-21-19-17-15-13-11-9-7-2/h8,10,14,16,19-22,25-28,32,34,36-37,41,43,70,74H,6-7,9,11-13,15,17-18,23-24,29-31,33,35,38-40,42,44-69H2,1-5H3/p+1/b10-8-,16-14-,21-19-,22-20-,27-25-,28-26-,34-32-,37-36-,43-41-. The molecular formula is C74H128NO8+. The van der Waals surface area contributed by atoms with E-state index in [2.05, 4.69) is 123 Å². The molecule has 2 unspecified atom stereocenters. The van der Waals surface area contributed by atoms with Gasteiger partial charge in [0.05, 0.1) is 34.4 Å². The zero-order chi connectivity index (χ0) is 60.5. The Hall–Kier alpha value is -4.05. The number of carboxylic acid groups (broad SMARTS) is 1. The maximum atomic E-state index is 12.9. The smallest absolute Gasteiger partial charge is 0.361 e. The van der Waals surface area contributed by atoms with Gasteiger partial charge in [-0.25, -0.2) is 4.79 Å². The summed E-state index contributed by atoms with van der Waals surface area (Å²) in [5.41, 5.74) is 0. The lowest BCUT2D eigenvalue weighted by atomic mass is 10.0. The molecular weight excluding hydrogens is 1030 g/mol. The number of carboxylic acids is 1. The third kappa shape index (κ3) is 65.3. The number of quaternary nitrogens is 1. The van der Waals surface area contributed by atoms with Crippen molar-refractivity contribution in [2.24, 2.45) is 0 Å². The summed E-state index contributed by atoms with van der Waals surface area (Å²) in [6, 6.07) is 0. The number of carbonyl (C=O) groups excluding carboxylic acids is 2. The largest absolute Gasteiger partial charge is 0.477 e. The Morgan fingerprint density at radius 2 is 0.687 bits per heavy atom. The van der Waals surface area contributed by atoms with E-state index in [1.807, 2.05) is 21.1 Å². The minimum atomic E-state index is -1.52. The van der Waals surface area contributed by atoms with Gasteiger partial charge >= 0.3 is 17.9 Å². The summed E-state index contributed by atoms with van der Waals surface area (Å²) in [4.78, 5) is 37.6. The molecule has 0 aliphatic carbocycles. The van der Waals surface area contributed by atoms with Crippen molar-refractivity contribution in [2.75, 3.05) is 47.5 Å². The molecule has 0 amide bonds. The van der Waals surface area contributed by atoms with Gasteiger partial charge in [-0.3, -0.25) is 9.59 Å². The molecule has 2 atom stereocenters. The van der Waals surface area contributed by atoms with E-state index in [0.717, 1.165) is 96.3 Å². The van der Waals surface area contributed by atoms with Crippen molar-refractivity contribution in [3.8, 4) is 0 Å². The van der Waals surface area contributed by atoms with Gasteiger partial charge in [0.2, 0.25) is 0 Å². The third-order valence-corrected chi connectivity index (χ3v) is 14.5. The van der Waals surface area contributed by atoms with Crippen LogP contribution in [0.3, 0.4) is 0 Å². The molecule has 0 aliphatic heterocycles. The number of likely N-dealkylation sites (N-methyl/N-ethyl adjacent to an activating group) is 1. The van der Waals surface area contributed by atoms with Crippen LogP contribution in [0.4, 0.5) is 0 Å². The van der Waals surface area contributed by atoms with E-state index in [0.29, 0.717) is 23.9 Å². The number of rotatable bonds is 62. The number of allylic oxidation sites excluding steroid dienone is 18. The molecule has 0 saturated carbocycles. The molecule has 0 aromatic heterocycles. The number of carbonyl (C=O) groups is 3. The lowest BCUT2D eigenvalue weighted by Gasteiger charge is -2.25. The highest BCUT2D eigenvalue weighted by Gasteiger charge is 2.25. The number of hydrogen-bond acceptors (Lipinski definition) is 7. The molecule has 476 valence electrons. The van der Waals surface area contributed by atoms with Crippen LogP contribution in [0.25, 0.3) is 0 Å². The fourth-order valence-electron chi connectivity index (χ4n) is 9.32. The van der Waals surface area contributed by atoms with Crippen molar-refractivity contribution in [2.45, 2.75) is 296 Å². The number of unbranched alkanes of at least 4 members (excludes halogenated alkanes) is 29. The van der Waals surface area contributed by atoms with Gasteiger partial charge in [-0.2, -0.15) is 0 Å². The first-order chi connectivity index (χ1) is 40.6. The molecule has 0 radical (unpaired) electrons. The van der Waals surface area contributed by atoms with Crippen molar-refractivity contribution in [1.29, 1.82) is 0 Å². The van der Waals surface area contributed by atoms with E-state index in [4.69, 9.17) is 18.9 Å².